The fourth-order valence-corrected chi connectivity index (χ4v) is 3.62. The van der Waals surface area contributed by atoms with Gasteiger partial charge in [0.25, 0.3) is 5.91 Å². The lowest BCUT2D eigenvalue weighted by Gasteiger charge is -2.16. The molecule has 0 bridgehead atoms. The van der Waals surface area contributed by atoms with Crippen LogP contribution in [0.25, 0.3) is 0 Å². The van der Waals surface area contributed by atoms with E-state index in [4.69, 9.17) is 14.0 Å². The van der Waals surface area contributed by atoms with Crippen LogP contribution < -0.4 is 9.47 Å². The maximum atomic E-state index is 12.9. The first-order chi connectivity index (χ1) is 12.7. The third kappa shape index (κ3) is 2.61. The van der Waals surface area contributed by atoms with Crippen LogP contribution in [0.3, 0.4) is 0 Å². The van der Waals surface area contributed by atoms with E-state index in [0.717, 1.165) is 18.7 Å². The van der Waals surface area contributed by atoms with Gasteiger partial charge in [0.2, 0.25) is 12.7 Å². The van der Waals surface area contributed by atoms with Crippen molar-refractivity contribution in [3.8, 4) is 11.5 Å². The number of rotatable bonds is 4. The van der Waals surface area contributed by atoms with E-state index in [9.17, 15) is 9.90 Å². The zero-order valence-electron chi connectivity index (χ0n) is 14.1. The molecule has 0 radical (unpaired) electrons. The average Bonchev–Trinajstić information content (AvgIpc) is 3.10. The maximum Gasteiger partial charge on any atom is 0.254 e. The highest BCUT2D eigenvalue weighted by atomic mass is 16.7. The van der Waals surface area contributed by atoms with Gasteiger partial charge in [-0.1, -0.05) is 5.16 Å². The normalized spacial score (nSPS) is 24.3. The monoisotopic (exact) mass is 357 g/mol. The minimum absolute atomic E-state index is 0.0310. The van der Waals surface area contributed by atoms with Crippen molar-refractivity contribution >= 4 is 5.91 Å². The highest BCUT2D eigenvalue weighted by Crippen LogP contribution is 2.40. The van der Waals surface area contributed by atoms with Crippen LogP contribution in [0.4, 0.5) is 0 Å². The first-order valence-corrected chi connectivity index (χ1v) is 8.86. The number of likely N-dealkylation sites (tertiary alicyclic amines) is 1. The molecule has 1 amide bonds. The van der Waals surface area contributed by atoms with Gasteiger partial charge in [-0.05, 0) is 31.0 Å². The molecule has 5 rings (SSSR count). The summed E-state index contributed by atoms with van der Waals surface area (Å²) in [6.45, 7) is 1.04. The second kappa shape index (κ2) is 5.98. The Labute approximate surface area is 149 Å². The van der Waals surface area contributed by atoms with Crippen molar-refractivity contribution in [3.63, 3.8) is 0 Å². The van der Waals surface area contributed by atoms with Crippen LogP contribution in [-0.2, 0) is 0 Å². The molecule has 0 spiro atoms. The Morgan fingerprint density at radius 1 is 1.23 bits per heavy atom. The molecule has 1 saturated heterocycles. The highest BCUT2D eigenvalue weighted by Gasteiger charge is 2.40. The van der Waals surface area contributed by atoms with E-state index in [-0.39, 0.29) is 31.1 Å². The number of fused-ring (bicyclic) bond motifs is 1. The first kappa shape index (κ1) is 15.6. The van der Waals surface area contributed by atoms with Crippen molar-refractivity contribution in [3.05, 3.63) is 35.5 Å². The summed E-state index contributed by atoms with van der Waals surface area (Å²) in [5, 5.41) is 13.8. The topological polar surface area (TPSA) is 97.9 Å². The van der Waals surface area contributed by atoms with E-state index in [1.54, 1.807) is 23.1 Å². The van der Waals surface area contributed by atoms with E-state index >= 15 is 0 Å². The Balaban J connectivity index is 1.35. The summed E-state index contributed by atoms with van der Waals surface area (Å²) in [4.78, 5) is 19.1. The smallest absolute Gasteiger partial charge is 0.254 e. The molecule has 1 aromatic carbocycles. The number of ether oxygens (including phenoxy) is 2. The van der Waals surface area contributed by atoms with Gasteiger partial charge in [-0.2, -0.15) is 4.98 Å². The Kier molecular flexibility index (Phi) is 3.59. The molecule has 1 aromatic heterocycles. The third-order valence-electron chi connectivity index (χ3n) is 5.30. The number of hydrogen-bond donors (Lipinski definition) is 1. The number of aliphatic hydroxyl groups excluding tert-OH is 1. The zero-order valence-corrected chi connectivity index (χ0v) is 14.1. The third-order valence-corrected chi connectivity index (χ3v) is 5.30. The molecule has 2 aliphatic heterocycles. The van der Waals surface area contributed by atoms with Gasteiger partial charge in [0, 0.05) is 37.1 Å². The Bertz CT molecular complexity index is 847. The van der Waals surface area contributed by atoms with Gasteiger partial charge in [0.15, 0.2) is 17.3 Å². The van der Waals surface area contributed by atoms with E-state index in [1.165, 1.54) is 0 Å². The van der Waals surface area contributed by atoms with E-state index in [2.05, 4.69) is 10.1 Å². The van der Waals surface area contributed by atoms with Crippen molar-refractivity contribution in [2.45, 2.75) is 24.7 Å². The van der Waals surface area contributed by atoms with E-state index in [0.29, 0.717) is 42.0 Å². The standard InChI is InChI=1S/C18H19N3O5/c22-8-12-6-21(7-13(12)17-19-16(20-26-17)10-1-2-10)18(23)11-3-4-14-15(5-11)25-9-24-14/h3-5,10,12-13,22H,1-2,6-9H2/t12-,13+/m0/s1. The quantitative estimate of drug-likeness (QED) is 0.886. The van der Waals surface area contributed by atoms with Crippen LogP contribution in [0.5, 0.6) is 11.5 Å². The number of hydrogen-bond acceptors (Lipinski definition) is 7. The molecule has 2 atom stereocenters. The summed E-state index contributed by atoms with van der Waals surface area (Å²) in [5.74, 6) is 2.55. The molecule has 136 valence electrons. The van der Waals surface area contributed by atoms with Crippen LogP contribution in [0, 0.1) is 5.92 Å². The zero-order chi connectivity index (χ0) is 17.7. The molecule has 1 N–H and O–H groups in total. The maximum absolute atomic E-state index is 12.9. The van der Waals surface area contributed by atoms with Crippen molar-refractivity contribution in [2.24, 2.45) is 5.92 Å². The SMILES string of the molecule is O=C(c1ccc2c(c1)OCO2)N1C[C@@H](CO)[C@H](c2nc(C3CC3)no2)C1. The molecule has 1 aliphatic carbocycles. The second-order valence-corrected chi connectivity index (χ2v) is 7.09. The molecule has 0 unspecified atom stereocenters. The number of nitrogens with zero attached hydrogens (tertiary/aromatic N) is 3. The average molecular weight is 357 g/mol. The predicted octanol–water partition coefficient (Wildman–Crippen LogP) is 1.52. The van der Waals surface area contributed by atoms with Crippen LogP contribution >= 0.6 is 0 Å². The summed E-state index contributed by atoms with van der Waals surface area (Å²) in [6.07, 6.45) is 2.20. The fourth-order valence-electron chi connectivity index (χ4n) is 3.62. The van der Waals surface area contributed by atoms with Crippen LogP contribution in [0.15, 0.2) is 22.7 Å². The predicted molar refractivity (Wildman–Crippen MR) is 88.1 cm³/mol. The highest BCUT2D eigenvalue weighted by molar-refractivity contribution is 5.95. The number of carbonyl (C=O) groups is 1. The van der Waals surface area contributed by atoms with Gasteiger partial charge in [-0.3, -0.25) is 4.79 Å². The molecule has 8 heteroatoms. The Morgan fingerprint density at radius 3 is 2.88 bits per heavy atom. The van der Waals surface area contributed by atoms with Gasteiger partial charge < -0.3 is 24.0 Å². The van der Waals surface area contributed by atoms with Crippen LogP contribution in [0.1, 0.15) is 46.8 Å². The van der Waals surface area contributed by atoms with Gasteiger partial charge in [-0.25, -0.2) is 0 Å². The summed E-state index contributed by atoms with van der Waals surface area (Å²) in [5.41, 5.74) is 0.538. The molecule has 1 saturated carbocycles. The number of carbonyl (C=O) groups excluding carboxylic acids is 1. The van der Waals surface area contributed by atoms with Crippen molar-refractivity contribution < 1.29 is 23.9 Å². The number of amides is 1. The molecule has 3 aliphatic rings. The van der Waals surface area contributed by atoms with Crippen LogP contribution in [-0.4, -0.2) is 52.5 Å². The van der Waals surface area contributed by atoms with Crippen molar-refractivity contribution in [1.82, 2.24) is 15.0 Å². The van der Waals surface area contributed by atoms with Gasteiger partial charge in [0.1, 0.15) is 0 Å². The lowest BCUT2D eigenvalue weighted by atomic mass is 9.97. The fraction of sp³-hybridized carbons (Fsp3) is 0.500. The summed E-state index contributed by atoms with van der Waals surface area (Å²) in [7, 11) is 0. The molecule has 8 nitrogen and oxygen atoms in total. The lowest BCUT2D eigenvalue weighted by molar-refractivity contribution is 0.0780. The van der Waals surface area contributed by atoms with Gasteiger partial charge >= 0.3 is 0 Å². The number of aliphatic hydroxyl groups is 1. The molecule has 3 heterocycles. The molecule has 2 aromatic rings. The van der Waals surface area contributed by atoms with Crippen molar-refractivity contribution in [1.29, 1.82) is 0 Å². The Morgan fingerprint density at radius 2 is 2.08 bits per heavy atom. The van der Waals surface area contributed by atoms with E-state index in [1.807, 2.05) is 0 Å². The largest absolute Gasteiger partial charge is 0.454 e. The first-order valence-electron chi connectivity index (χ1n) is 8.86. The van der Waals surface area contributed by atoms with Gasteiger partial charge in [-0.15, -0.1) is 0 Å². The van der Waals surface area contributed by atoms with E-state index < -0.39 is 0 Å². The molecule has 2 fully saturated rings. The summed E-state index contributed by atoms with van der Waals surface area (Å²) in [6, 6.07) is 5.17. The van der Waals surface area contributed by atoms with Gasteiger partial charge in [0.05, 0.1) is 5.92 Å². The summed E-state index contributed by atoms with van der Waals surface area (Å²) < 4.78 is 16.1. The minimum atomic E-state index is -0.141. The minimum Gasteiger partial charge on any atom is -0.454 e. The molecular weight excluding hydrogens is 338 g/mol. The number of aromatic nitrogens is 2. The molecule has 26 heavy (non-hydrogen) atoms. The van der Waals surface area contributed by atoms with Crippen LogP contribution in [0.2, 0.25) is 0 Å². The Hall–Kier alpha value is -2.61. The van der Waals surface area contributed by atoms with Crippen molar-refractivity contribution in [2.75, 3.05) is 26.5 Å². The number of benzene rings is 1. The lowest BCUT2D eigenvalue weighted by Crippen LogP contribution is -2.29. The second-order valence-electron chi connectivity index (χ2n) is 7.09. The molecular formula is C18H19N3O5. The summed E-state index contributed by atoms with van der Waals surface area (Å²) >= 11 is 0.